The molecule has 1 aliphatic rings. The molecular formula is C13H25N2P. The average Bonchev–Trinajstić information content (AvgIpc) is 2.47. The van der Waals surface area contributed by atoms with Crippen molar-refractivity contribution in [2.45, 2.75) is 59.3 Å². The molecule has 0 aromatic rings. The molecule has 92 valence electrons. The molecule has 2 radical (unpaired) electrons. The molecule has 0 bridgehead atoms. The van der Waals surface area contributed by atoms with Gasteiger partial charge in [-0.1, -0.05) is 20.8 Å². The maximum Gasteiger partial charge on any atom is 0.209 e. The molecule has 0 aromatic heterocycles. The van der Waals surface area contributed by atoms with E-state index in [2.05, 4.69) is 86.6 Å². The lowest BCUT2D eigenvalue weighted by Gasteiger charge is -2.46. The number of hydrogen-bond acceptors (Lipinski definition) is 2. The first-order chi connectivity index (χ1) is 6.96. The molecule has 0 N–H and O–H groups in total. The van der Waals surface area contributed by atoms with Gasteiger partial charge in [0.1, 0.15) is 0 Å². The standard InChI is InChI=1S/C13H25N2P/c1-11(2,3)13(7,16)15-9-8-14(10-15)12(4,5)6/h8-9H,16H2,1-7H3/t13-/m1/s1. The Morgan fingerprint density at radius 3 is 1.62 bits per heavy atom. The summed E-state index contributed by atoms with van der Waals surface area (Å²) in [7, 11) is 2.95. The van der Waals surface area contributed by atoms with Gasteiger partial charge in [0.15, 0.2) is 0 Å². The molecular weight excluding hydrogens is 215 g/mol. The summed E-state index contributed by atoms with van der Waals surface area (Å²) in [5.74, 6) is 0. The van der Waals surface area contributed by atoms with Gasteiger partial charge in [-0.25, -0.2) is 0 Å². The Bertz CT molecular complexity index is 281. The average molecular weight is 240 g/mol. The molecule has 1 aliphatic heterocycles. The zero-order chi connectivity index (χ0) is 12.8. The Morgan fingerprint density at radius 2 is 1.31 bits per heavy atom. The van der Waals surface area contributed by atoms with Gasteiger partial charge in [0.05, 0.1) is 5.28 Å². The van der Waals surface area contributed by atoms with Crippen LogP contribution >= 0.6 is 9.24 Å². The molecule has 1 unspecified atom stereocenters. The van der Waals surface area contributed by atoms with Crippen molar-refractivity contribution in [1.82, 2.24) is 9.80 Å². The summed E-state index contributed by atoms with van der Waals surface area (Å²) in [6, 6.07) is 0. The van der Waals surface area contributed by atoms with Gasteiger partial charge in [0.25, 0.3) is 0 Å². The van der Waals surface area contributed by atoms with E-state index in [4.69, 9.17) is 0 Å². The Hall–Kier alpha value is -0.230. The van der Waals surface area contributed by atoms with Gasteiger partial charge in [0.2, 0.25) is 6.67 Å². The first-order valence-corrected chi connectivity index (χ1v) is 6.36. The highest BCUT2D eigenvalue weighted by atomic mass is 31.0. The van der Waals surface area contributed by atoms with E-state index in [1.807, 2.05) is 0 Å². The zero-order valence-electron chi connectivity index (χ0n) is 11.6. The van der Waals surface area contributed by atoms with Crippen molar-refractivity contribution in [3.05, 3.63) is 19.1 Å². The van der Waals surface area contributed by atoms with Crippen molar-refractivity contribution in [2.75, 3.05) is 0 Å². The van der Waals surface area contributed by atoms with Gasteiger partial charge in [0, 0.05) is 17.9 Å². The normalized spacial score (nSPS) is 21.5. The second kappa shape index (κ2) is 3.91. The fourth-order valence-corrected chi connectivity index (χ4v) is 1.45. The van der Waals surface area contributed by atoms with E-state index in [0.29, 0.717) is 0 Å². The molecule has 0 aliphatic carbocycles. The largest absolute Gasteiger partial charge is 0.341 e. The summed E-state index contributed by atoms with van der Waals surface area (Å²) in [6.45, 7) is 18.9. The predicted molar refractivity (Wildman–Crippen MR) is 73.4 cm³/mol. The monoisotopic (exact) mass is 240 g/mol. The zero-order valence-corrected chi connectivity index (χ0v) is 12.8. The van der Waals surface area contributed by atoms with E-state index < -0.39 is 0 Å². The molecule has 2 nitrogen and oxygen atoms in total. The third-order valence-electron chi connectivity index (χ3n) is 3.32. The molecule has 0 saturated heterocycles. The topological polar surface area (TPSA) is 6.48 Å². The summed E-state index contributed by atoms with van der Waals surface area (Å²) in [5, 5.41) is -0.0243. The highest BCUT2D eigenvalue weighted by molar-refractivity contribution is 7.18. The molecule has 0 amide bonds. The Kier molecular flexibility index (Phi) is 3.38. The van der Waals surface area contributed by atoms with Crippen molar-refractivity contribution in [2.24, 2.45) is 5.41 Å². The van der Waals surface area contributed by atoms with Crippen LogP contribution < -0.4 is 0 Å². The van der Waals surface area contributed by atoms with Crippen LogP contribution in [-0.2, 0) is 0 Å². The molecule has 3 heteroatoms. The first kappa shape index (κ1) is 13.8. The molecule has 1 heterocycles. The SMILES string of the molecule is CC(C)(C)N1[C]N([C@](C)(P)C(C)(C)C)C=C1. The predicted octanol–water partition coefficient (Wildman–Crippen LogP) is 3.51. The Balaban J connectivity index is 2.79. The van der Waals surface area contributed by atoms with E-state index >= 15 is 0 Å². The summed E-state index contributed by atoms with van der Waals surface area (Å²) in [6.07, 6.45) is 4.19. The van der Waals surface area contributed by atoms with Gasteiger partial charge >= 0.3 is 0 Å². The first-order valence-electron chi connectivity index (χ1n) is 5.78. The van der Waals surface area contributed by atoms with E-state index in [9.17, 15) is 0 Å². The number of hydrogen-bond donors (Lipinski definition) is 0. The second-order valence-electron chi connectivity index (χ2n) is 6.71. The molecule has 0 spiro atoms. The maximum absolute atomic E-state index is 3.41. The van der Waals surface area contributed by atoms with Gasteiger partial charge in [-0.3, -0.25) is 0 Å². The summed E-state index contributed by atoms with van der Waals surface area (Å²) in [4.78, 5) is 4.28. The van der Waals surface area contributed by atoms with Crippen LogP contribution in [0.25, 0.3) is 0 Å². The van der Waals surface area contributed by atoms with E-state index in [0.717, 1.165) is 0 Å². The quantitative estimate of drug-likeness (QED) is 0.647. The number of nitrogens with zero attached hydrogens (tertiary/aromatic N) is 2. The molecule has 2 atom stereocenters. The second-order valence-corrected chi connectivity index (χ2v) is 7.83. The highest BCUT2D eigenvalue weighted by Gasteiger charge is 2.41. The molecule has 1 rings (SSSR count). The van der Waals surface area contributed by atoms with Gasteiger partial charge in [-0.2, -0.15) is 0 Å². The van der Waals surface area contributed by atoms with Crippen LogP contribution in [0.4, 0.5) is 0 Å². The van der Waals surface area contributed by atoms with Crippen LogP contribution in [0.5, 0.6) is 0 Å². The fourth-order valence-electron chi connectivity index (χ4n) is 1.31. The maximum atomic E-state index is 3.41. The third-order valence-corrected chi connectivity index (χ3v) is 4.47. The minimum absolute atomic E-state index is 0.0243. The van der Waals surface area contributed by atoms with Crippen LogP contribution in [-0.4, -0.2) is 20.6 Å². The minimum Gasteiger partial charge on any atom is -0.341 e. The van der Waals surface area contributed by atoms with Crippen LogP contribution in [0.15, 0.2) is 12.4 Å². The van der Waals surface area contributed by atoms with E-state index in [1.54, 1.807) is 0 Å². The van der Waals surface area contributed by atoms with E-state index in [1.165, 1.54) is 0 Å². The van der Waals surface area contributed by atoms with Crippen molar-refractivity contribution in [3.8, 4) is 0 Å². The molecule has 0 fully saturated rings. The molecule has 0 aromatic carbocycles. The minimum atomic E-state index is -0.0243. The van der Waals surface area contributed by atoms with Crippen molar-refractivity contribution >= 4 is 9.24 Å². The highest BCUT2D eigenvalue weighted by Crippen LogP contribution is 2.44. The fraction of sp³-hybridized carbons (Fsp3) is 0.769. The van der Waals surface area contributed by atoms with E-state index in [-0.39, 0.29) is 16.2 Å². The lowest BCUT2D eigenvalue weighted by Crippen LogP contribution is -2.48. The van der Waals surface area contributed by atoms with Crippen LogP contribution in [0.2, 0.25) is 0 Å². The molecule has 16 heavy (non-hydrogen) atoms. The summed E-state index contributed by atoms with van der Waals surface area (Å²) in [5.41, 5.74) is 0.257. The lowest BCUT2D eigenvalue weighted by molar-refractivity contribution is 0.119. The van der Waals surface area contributed by atoms with Crippen LogP contribution in [0, 0.1) is 12.1 Å². The van der Waals surface area contributed by atoms with Gasteiger partial charge < -0.3 is 9.80 Å². The van der Waals surface area contributed by atoms with Crippen molar-refractivity contribution < 1.29 is 0 Å². The third kappa shape index (κ3) is 2.53. The van der Waals surface area contributed by atoms with Gasteiger partial charge in [-0.05, 0) is 33.1 Å². The van der Waals surface area contributed by atoms with Crippen LogP contribution in [0.1, 0.15) is 48.5 Å². The van der Waals surface area contributed by atoms with Gasteiger partial charge in [-0.15, -0.1) is 9.24 Å². The number of rotatable bonds is 1. The molecule has 0 saturated carbocycles. The van der Waals surface area contributed by atoms with Crippen molar-refractivity contribution in [3.63, 3.8) is 0 Å². The Morgan fingerprint density at radius 1 is 0.875 bits per heavy atom. The van der Waals surface area contributed by atoms with Crippen LogP contribution in [0.3, 0.4) is 0 Å². The smallest absolute Gasteiger partial charge is 0.209 e. The summed E-state index contributed by atoms with van der Waals surface area (Å²) >= 11 is 0. The summed E-state index contributed by atoms with van der Waals surface area (Å²) < 4.78 is 0. The lowest BCUT2D eigenvalue weighted by atomic mass is 9.86. The van der Waals surface area contributed by atoms with Crippen molar-refractivity contribution in [1.29, 1.82) is 0 Å². The Labute approximate surface area is 103 Å².